The Labute approximate surface area is 92.7 Å². The highest BCUT2D eigenvalue weighted by Crippen LogP contribution is 2.14. The zero-order valence-electron chi connectivity index (χ0n) is 7.83. The van der Waals surface area contributed by atoms with Crippen LogP contribution in [-0.2, 0) is 15.4 Å². The second-order valence-electron chi connectivity index (χ2n) is 2.84. The number of hydrogen-bond donors (Lipinski definition) is 1. The van der Waals surface area contributed by atoms with E-state index in [1.54, 1.807) is 13.0 Å². The number of benzene rings is 1. The molecular formula is C9H12BrNO2S. The number of alkyl halides is 1. The van der Waals surface area contributed by atoms with Gasteiger partial charge in [-0.05, 0) is 24.6 Å². The van der Waals surface area contributed by atoms with Crippen molar-refractivity contribution in [2.24, 2.45) is 0 Å². The Hall–Kier alpha value is -0.550. The van der Waals surface area contributed by atoms with E-state index in [4.69, 9.17) is 0 Å². The Morgan fingerprint density at radius 1 is 1.43 bits per heavy atom. The van der Waals surface area contributed by atoms with E-state index in [2.05, 4.69) is 20.7 Å². The Morgan fingerprint density at radius 2 is 2.14 bits per heavy atom. The quantitative estimate of drug-likeness (QED) is 0.859. The summed E-state index contributed by atoms with van der Waals surface area (Å²) in [6.07, 6.45) is 0. The number of anilines is 1. The number of halogens is 1. The van der Waals surface area contributed by atoms with Crippen LogP contribution in [0.5, 0.6) is 0 Å². The summed E-state index contributed by atoms with van der Waals surface area (Å²) in [5, 5.41) is 0.717. The van der Waals surface area contributed by atoms with Crippen LogP contribution in [0.4, 0.5) is 5.69 Å². The van der Waals surface area contributed by atoms with Gasteiger partial charge in [0.25, 0.3) is 0 Å². The van der Waals surface area contributed by atoms with Gasteiger partial charge in [-0.3, -0.25) is 4.72 Å². The summed E-state index contributed by atoms with van der Waals surface area (Å²) in [5.41, 5.74) is 1.66. The molecule has 78 valence electrons. The average molecular weight is 278 g/mol. The molecule has 0 bridgehead atoms. The van der Waals surface area contributed by atoms with E-state index in [-0.39, 0.29) is 5.75 Å². The molecule has 0 saturated heterocycles. The lowest BCUT2D eigenvalue weighted by Crippen LogP contribution is -2.14. The first-order valence-electron chi connectivity index (χ1n) is 4.23. The molecule has 0 aliphatic rings. The predicted molar refractivity (Wildman–Crippen MR) is 62.2 cm³/mol. The van der Waals surface area contributed by atoms with Crippen molar-refractivity contribution in [3.63, 3.8) is 0 Å². The van der Waals surface area contributed by atoms with Gasteiger partial charge in [0, 0.05) is 11.0 Å². The normalized spacial score (nSPS) is 11.3. The van der Waals surface area contributed by atoms with E-state index in [0.717, 1.165) is 5.56 Å². The molecule has 0 unspecified atom stereocenters. The summed E-state index contributed by atoms with van der Waals surface area (Å²) in [4.78, 5) is 0. The second-order valence-corrected chi connectivity index (χ2v) is 5.41. The van der Waals surface area contributed by atoms with Crippen molar-refractivity contribution in [3.05, 3.63) is 29.8 Å². The van der Waals surface area contributed by atoms with Crippen LogP contribution in [0.2, 0.25) is 0 Å². The highest BCUT2D eigenvalue weighted by Gasteiger charge is 2.06. The first-order valence-corrected chi connectivity index (χ1v) is 7.00. The van der Waals surface area contributed by atoms with Gasteiger partial charge in [-0.1, -0.05) is 28.1 Å². The topological polar surface area (TPSA) is 46.2 Å². The Kier molecular flexibility index (Phi) is 3.95. The maximum Gasteiger partial charge on any atom is 0.232 e. The predicted octanol–water partition coefficient (Wildman–Crippen LogP) is 2.34. The fourth-order valence-corrected chi connectivity index (χ4v) is 1.95. The minimum absolute atomic E-state index is 0.0888. The van der Waals surface area contributed by atoms with Crippen LogP contribution in [0, 0.1) is 0 Å². The molecule has 0 atom stereocenters. The third-order valence-electron chi connectivity index (χ3n) is 1.73. The highest BCUT2D eigenvalue weighted by molar-refractivity contribution is 9.08. The maximum absolute atomic E-state index is 11.2. The highest BCUT2D eigenvalue weighted by atomic mass is 79.9. The Bertz CT molecular complexity index is 403. The molecule has 0 spiro atoms. The van der Waals surface area contributed by atoms with Crippen molar-refractivity contribution in [2.75, 3.05) is 10.5 Å². The van der Waals surface area contributed by atoms with Gasteiger partial charge in [0.05, 0.1) is 5.75 Å². The molecule has 0 aliphatic carbocycles. The van der Waals surface area contributed by atoms with Crippen molar-refractivity contribution in [1.82, 2.24) is 0 Å². The minimum Gasteiger partial charge on any atom is -0.284 e. The van der Waals surface area contributed by atoms with Crippen LogP contribution >= 0.6 is 15.9 Å². The van der Waals surface area contributed by atoms with Gasteiger partial charge in [-0.15, -0.1) is 0 Å². The lowest BCUT2D eigenvalue weighted by atomic mass is 10.2. The van der Waals surface area contributed by atoms with Crippen molar-refractivity contribution in [2.45, 2.75) is 12.3 Å². The monoisotopic (exact) mass is 277 g/mol. The van der Waals surface area contributed by atoms with Crippen molar-refractivity contribution >= 4 is 31.6 Å². The van der Waals surface area contributed by atoms with E-state index in [1.165, 1.54) is 0 Å². The summed E-state index contributed by atoms with van der Waals surface area (Å²) in [5.74, 6) is 0.0888. The molecule has 0 fully saturated rings. The van der Waals surface area contributed by atoms with Crippen LogP contribution in [0.25, 0.3) is 0 Å². The largest absolute Gasteiger partial charge is 0.284 e. The van der Waals surface area contributed by atoms with E-state index in [1.807, 2.05) is 18.2 Å². The summed E-state index contributed by atoms with van der Waals surface area (Å²) in [6, 6.07) is 7.30. The van der Waals surface area contributed by atoms with Crippen LogP contribution in [0.3, 0.4) is 0 Å². The number of hydrogen-bond acceptors (Lipinski definition) is 2. The molecule has 0 radical (unpaired) electrons. The van der Waals surface area contributed by atoms with Crippen molar-refractivity contribution in [3.8, 4) is 0 Å². The molecular weight excluding hydrogens is 266 g/mol. The molecule has 1 N–H and O–H groups in total. The van der Waals surface area contributed by atoms with E-state index in [0.29, 0.717) is 11.0 Å². The molecule has 0 amide bonds. The van der Waals surface area contributed by atoms with Crippen molar-refractivity contribution in [1.29, 1.82) is 0 Å². The molecule has 0 saturated carbocycles. The molecule has 5 heteroatoms. The fourth-order valence-electron chi connectivity index (χ4n) is 0.970. The number of nitrogens with one attached hydrogen (secondary N) is 1. The third kappa shape index (κ3) is 3.31. The van der Waals surface area contributed by atoms with E-state index >= 15 is 0 Å². The molecule has 0 aromatic heterocycles. The first kappa shape index (κ1) is 11.5. The van der Waals surface area contributed by atoms with Crippen LogP contribution < -0.4 is 4.72 Å². The average Bonchev–Trinajstić information content (AvgIpc) is 2.17. The van der Waals surface area contributed by atoms with Gasteiger partial charge >= 0.3 is 0 Å². The molecule has 1 aromatic carbocycles. The molecule has 3 nitrogen and oxygen atoms in total. The summed E-state index contributed by atoms with van der Waals surface area (Å²) < 4.78 is 25.0. The second kappa shape index (κ2) is 4.79. The summed E-state index contributed by atoms with van der Waals surface area (Å²) >= 11 is 3.31. The third-order valence-corrected chi connectivity index (χ3v) is 3.69. The van der Waals surface area contributed by atoms with E-state index < -0.39 is 10.0 Å². The van der Waals surface area contributed by atoms with Crippen molar-refractivity contribution < 1.29 is 8.42 Å². The van der Waals surface area contributed by atoms with E-state index in [9.17, 15) is 8.42 Å². The first-order chi connectivity index (χ1) is 6.57. The zero-order valence-corrected chi connectivity index (χ0v) is 10.2. The van der Waals surface area contributed by atoms with Gasteiger partial charge in [0.2, 0.25) is 10.0 Å². The fraction of sp³-hybridized carbons (Fsp3) is 0.333. The van der Waals surface area contributed by atoms with Crippen LogP contribution in [0.15, 0.2) is 24.3 Å². The molecule has 1 aromatic rings. The summed E-state index contributed by atoms with van der Waals surface area (Å²) in [6.45, 7) is 1.61. The lowest BCUT2D eigenvalue weighted by Gasteiger charge is -2.06. The van der Waals surface area contributed by atoms with Gasteiger partial charge in [-0.2, -0.15) is 0 Å². The Morgan fingerprint density at radius 3 is 2.71 bits per heavy atom. The minimum atomic E-state index is -3.16. The van der Waals surface area contributed by atoms with Crippen LogP contribution in [0.1, 0.15) is 12.5 Å². The Balaban J connectivity index is 2.87. The van der Waals surface area contributed by atoms with Gasteiger partial charge in [0.15, 0.2) is 0 Å². The van der Waals surface area contributed by atoms with Crippen LogP contribution in [-0.4, -0.2) is 14.2 Å². The standard InChI is InChI=1S/C9H12BrNO2S/c1-2-14(12,13)11-9-5-3-4-8(6-9)7-10/h3-6,11H,2,7H2,1H3. The number of sulfonamides is 1. The molecule has 1 rings (SSSR count). The smallest absolute Gasteiger partial charge is 0.232 e. The maximum atomic E-state index is 11.2. The SMILES string of the molecule is CCS(=O)(=O)Nc1cccc(CBr)c1. The molecule has 14 heavy (non-hydrogen) atoms. The molecule has 0 heterocycles. The lowest BCUT2D eigenvalue weighted by molar-refractivity contribution is 0.602. The zero-order chi connectivity index (χ0) is 10.6. The number of rotatable bonds is 4. The van der Waals surface area contributed by atoms with Gasteiger partial charge < -0.3 is 0 Å². The molecule has 0 aliphatic heterocycles. The van der Waals surface area contributed by atoms with Gasteiger partial charge in [-0.25, -0.2) is 8.42 Å². The van der Waals surface area contributed by atoms with Gasteiger partial charge in [0.1, 0.15) is 0 Å². The summed E-state index contributed by atoms with van der Waals surface area (Å²) in [7, 11) is -3.16.